The fourth-order valence-corrected chi connectivity index (χ4v) is 3.66. The molecule has 1 atom stereocenters. The van der Waals surface area contributed by atoms with Crippen LogP contribution in [-0.2, 0) is 11.3 Å². The largest absolute Gasteiger partial charge is 0.352 e. The molecule has 1 aliphatic heterocycles. The zero-order chi connectivity index (χ0) is 17.8. The van der Waals surface area contributed by atoms with Crippen molar-refractivity contribution < 1.29 is 9.59 Å². The van der Waals surface area contributed by atoms with Crippen LogP contribution < -0.4 is 5.32 Å². The highest BCUT2D eigenvalue weighted by molar-refractivity contribution is 7.08. The monoisotopic (exact) mass is 359 g/mol. The van der Waals surface area contributed by atoms with E-state index in [0.717, 1.165) is 29.2 Å². The summed E-state index contributed by atoms with van der Waals surface area (Å²) in [5.41, 5.74) is 1.72. The van der Waals surface area contributed by atoms with Crippen molar-refractivity contribution in [2.75, 3.05) is 6.54 Å². The Bertz CT molecular complexity index is 747. The van der Waals surface area contributed by atoms with Gasteiger partial charge in [0.1, 0.15) is 4.88 Å². The average Bonchev–Trinajstić information content (AvgIpc) is 3.23. The third-order valence-corrected chi connectivity index (χ3v) is 4.92. The summed E-state index contributed by atoms with van der Waals surface area (Å²) in [4.78, 5) is 31.0. The van der Waals surface area contributed by atoms with Crippen molar-refractivity contribution in [1.82, 2.24) is 24.8 Å². The van der Waals surface area contributed by atoms with Gasteiger partial charge in [-0.25, -0.2) is 0 Å². The molecular formula is C17H21N5O2S. The molecule has 8 heteroatoms. The molecule has 0 aliphatic carbocycles. The van der Waals surface area contributed by atoms with E-state index in [1.54, 1.807) is 17.3 Å². The van der Waals surface area contributed by atoms with Gasteiger partial charge < -0.3 is 10.2 Å². The van der Waals surface area contributed by atoms with E-state index in [1.165, 1.54) is 0 Å². The van der Waals surface area contributed by atoms with Crippen LogP contribution in [0.25, 0.3) is 0 Å². The molecule has 7 nitrogen and oxygen atoms in total. The number of carbonyl (C=O) groups is 2. The van der Waals surface area contributed by atoms with Crippen molar-refractivity contribution in [3.05, 3.63) is 40.7 Å². The smallest absolute Gasteiger partial charge is 0.267 e. The van der Waals surface area contributed by atoms with E-state index in [2.05, 4.69) is 19.9 Å². The Balaban J connectivity index is 1.82. The lowest BCUT2D eigenvalue weighted by Gasteiger charge is -2.25. The van der Waals surface area contributed by atoms with Crippen LogP contribution in [0.15, 0.2) is 24.5 Å². The lowest BCUT2D eigenvalue weighted by molar-refractivity contribution is -0.119. The Labute approximate surface area is 150 Å². The first-order valence-corrected chi connectivity index (χ1v) is 9.11. The molecule has 0 radical (unpaired) electrons. The zero-order valence-electron chi connectivity index (χ0n) is 14.3. The number of aromatic nitrogens is 3. The average molecular weight is 359 g/mol. The summed E-state index contributed by atoms with van der Waals surface area (Å²) in [6.07, 6.45) is 4.69. The maximum Gasteiger partial charge on any atom is 0.267 e. The van der Waals surface area contributed by atoms with Gasteiger partial charge in [0, 0.05) is 37.9 Å². The van der Waals surface area contributed by atoms with Crippen LogP contribution in [0.1, 0.15) is 53.5 Å². The minimum Gasteiger partial charge on any atom is -0.352 e. The summed E-state index contributed by atoms with van der Waals surface area (Å²) in [5, 5.41) is 7.05. The molecule has 1 saturated heterocycles. The van der Waals surface area contributed by atoms with Gasteiger partial charge in [0.05, 0.1) is 5.69 Å². The summed E-state index contributed by atoms with van der Waals surface area (Å²) in [5.74, 6) is 0.0898. The summed E-state index contributed by atoms with van der Waals surface area (Å²) < 4.78 is 3.96. The van der Waals surface area contributed by atoms with Gasteiger partial charge in [-0.1, -0.05) is 18.3 Å². The summed E-state index contributed by atoms with van der Waals surface area (Å²) >= 11 is 1.13. The molecule has 0 saturated carbocycles. The number of hydrogen-bond acceptors (Lipinski definition) is 6. The molecular weight excluding hydrogens is 338 g/mol. The van der Waals surface area contributed by atoms with Gasteiger partial charge in [0.15, 0.2) is 0 Å². The van der Waals surface area contributed by atoms with Gasteiger partial charge in [0.25, 0.3) is 5.91 Å². The number of amides is 2. The lowest BCUT2D eigenvalue weighted by Crippen LogP contribution is -2.41. The third-order valence-electron chi connectivity index (χ3n) is 4.19. The van der Waals surface area contributed by atoms with Gasteiger partial charge in [-0.05, 0) is 41.6 Å². The minimum atomic E-state index is -0.0864. The highest BCUT2D eigenvalue weighted by Gasteiger charge is 2.29. The molecule has 132 valence electrons. The highest BCUT2D eigenvalue weighted by atomic mass is 32.1. The molecule has 0 spiro atoms. The molecule has 1 N–H and O–H groups in total. The normalized spacial score (nSPS) is 16.9. The quantitative estimate of drug-likeness (QED) is 0.852. The zero-order valence-corrected chi connectivity index (χ0v) is 15.1. The summed E-state index contributed by atoms with van der Waals surface area (Å²) in [6, 6.07) is 3.77. The van der Waals surface area contributed by atoms with Gasteiger partial charge >= 0.3 is 0 Å². The molecule has 1 fully saturated rings. The first kappa shape index (κ1) is 17.5. The topological polar surface area (TPSA) is 88.1 Å². The van der Waals surface area contributed by atoms with E-state index in [0.29, 0.717) is 24.4 Å². The van der Waals surface area contributed by atoms with E-state index in [-0.39, 0.29) is 23.8 Å². The molecule has 0 aromatic carbocycles. The Hall–Kier alpha value is -2.35. The molecule has 2 aromatic rings. The number of nitrogens with one attached hydrogen (secondary N) is 1. The number of nitrogens with zero attached hydrogens (tertiary/aromatic N) is 4. The Morgan fingerprint density at radius 3 is 2.80 bits per heavy atom. The van der Waals surface area contributed by atoms with Crippen molar-refractivity contribution in [2.24, 2.45) is 0 Å². The van der Waals surface area contributed by atoms with E-state index < -0.39 is 0 Å². The minimum absolute atomic E-state index is 0.0123. The molecule has 1 aliphatic rings. The van der Waals surface area contributed by atoms with Crippen LogP contribution in [0.4, 0.5) is 0 Å². The first-order chi connectivity index (χ1) is 12.0. The Morgan fingerprint density at radius 1 is 1.40 bits per heavy atom. The number of rotatable bonds is 6. The maximum absolute atomic E-state index is 13.1. The highest BCUT2D eigenvalue weighted by Crippen LogP contribution is 2.23. The number of carbonyl (C=O) groups excluding carboxylic acids is 2. The van der Waals surface area contributed by atoms with Gasteiger partial charge in [-0.2, -0.15) is 0 Å². The van der Waals surface area contributed by atoms with Crippen LogP contribution in [0, 0.1) is 0 Å². The molecule has 25 heavy (non-hydrogen) atoms. The third kappa shape index (κ3) is 4.19. The van der Waals surface area contributed by atoms with E-state index >= 15 is 0 Å². The van der Waals surface area contributed by atoms with E-state index in [1.807, 2.05) is 26.0 Å². The van der Waals surface area contributed by atoms with Crippen LogP contribution in [0.2, 0.25) is 0 Å². The van der Waals surface area contributed by atoms with Gasteiger partial charge in [0.2, 0.25) is 5.91 Å². The lowest BCUT2D eigenvalue weighted by atomic mass is 10.1. The summed E-state index contributed by atoms with van der Waals surface area (Å²) in [6.45, 7) is 4.93. The van der Waals surface area contributed by atoms with Gasteiger partial charge in [-0.15, -0.1) is 5.10 Å². The molecule has 3 heterocycles. The van der Waals surface area contributed by atoms with Crippen molar-refractivity contribution >= 4 is 23.3 Å². The fourth-order valence-electron chi connectivity index (χ4n) is 2.88. The molecule has 3 rings (SSSR count). The predicted octanol–water partition coefficient (Wildman–Crippen LogP) is 1.98. The molecule has 2 aromatic heterocycles. The van der Waals surface area contributed by atoms with E-state index in [4.69, 9.17) is 0 Å². The second-order valence-corrected chi connectivity index (χ2v) is 7.24. The summed E-state index contributed by atoms with van der Waals surface area (Å²) in [7, 11) is 0. The van der Waals surface area contributed by atoms with Crippen molar-refractivity contribution in [3.63, 3.8) is 0 Å². The SMILES string of the molecule is CC(C)c1nnsc1C(=O)N(Cc1ccncc1)C[C@@H]1CCC(=O)N1. The van der Waals surface area contributed by atoms with Crippen LogP contribution >= 0.6 is 11.5 Å². The molecule has 0 bridgehead atoms. The standard InChI is InChI=1S/C17H21N5O2S/c1-11(2)15-16(25-21-20-15)17(24)22(9-12-5-7-18-8-6-12)10-13-3-4-14(23)19-13/h5-8,11,13H,3-4,9-10H2,1-2H3,(H,19,23)/t13-/m0/s1. The molecule has 0 unspecified atom stereocenters. The van der Waals surface area contributed by atoms with Crippen LogP contribution in [0.3, 0.4) is 0 Å². The van der Waals surface area contributed by atoms with Crippen LogP contribution in [0.5, 0.6) is 0 Å². The van der Waals surface area contributed by atoms with E-state index in [9.17, 15) is 9.59 Å². The Kier molecular flexibility index (Phi) is 5.37. The second-order valence-electron chi connectivity index (χ2n) is 6.49. The van der Waals surface area contributed by atoms with Gasteiger partial charge in [-0.3, -0.25) is 14.6 Å². The van der Waals surface area contributed by atoms with Crippen molar-refractivity contribution in [1.29, 1.82) is 0 Å². The van der Waals surface area contributed by atoms with Crippen molar-refractivity contribution in [3.8, 4) is 0 Å². The van der Waals surface area contributed by atoms with Crippen LogP contribution in [-0.4, -0.2) is 43.9 Å². The maximum atomic E-state index is 13.1. The Morgan fingerprint density at radius 2 is 2.16 bits per heavy atom. The number of hydrogen-bond donors (Lipinski definition) is 1. The fraction of sp³-hybridized carbons (Fsp3) is 0.471. The first-order valence-electron chi connectivity index (χ1n) is 8.34. The van der Waals surface area contributed by atoms with Crippen molar-refractivity contribution in [2.45, 2.75) is 45.2 Å². The molecule has 2 amide bonds. The number of pyridine rings is 1. The second kappa shape index (κ2) is 7.69. The predicted molar refractivity (Wildman–Crippen MR) is 94.1 cm³/mol.